The Hall–Kier alpha value is -1.70. The minimum atomic E-state index is -0.822. The van der Waals surface area contributed by atoms with Crippen molar-refractivity contribution < 1.29 is 14.7 Å². The van der Waals surface area contributed by atoms with Gasteiger partial charge in [-0.2, -0.15) is 0 Å². The first-order valence-electron chi connectivity index (χ1n) is 7.15. The number of carboxylic acid groups (broad SMARTS) is 1. The number of aliphatic carboxylic acids is 1. The highest BCUT2D eigenvalue weighted by Gasteiger charge is 2.41. The van der Waals surface area contributed by atoms with Gasteiger partial charge in [-0.1, -0.05) is 12.8 Å². The summed E-state index contributed by atoms with van der Waals surface area (Å²) in [5.41, 5.74) is -0.822. The van der Waals surface area contributed by atoms with Crippen molar-refractivity contribution in [2.75, 3.05) is 19.6 Å². The lowest BCUT2D eigenvalue weighted by Crippen LogP contribution is -2.49. The molecule has 0 aliphatic heterocycles. The standard InChI is InChI=1S/C15H24N2O3/c1-4-10-17(5-2)14(20)16-11-15(13(18)19)8-6-12(3)7-9-15/h1,12H,5-11H2,2-3H3,(H,16,20)(H,18,19). The Morgan fingerprint density at radius 3 is 2.50 bits per heavy atom. The highest BCUT2D eigenvalue weighted by Crippen LogP contribution is 2.38. The van der Waals surface area contributed by atoms with Gasteiger partial charge in [-0.25, -0.2) is 4.79 Å². The summed E-state index contributed by atoms with van der Waals surface area (Å²) in [4.78, 5) is 25.0. The van der Waals surface area contributed by atoms with Crippen LogP contribution < -0.4 is 5.32 Å². The molecule has 2 amide bonds. The van der Waals surface area contributed by atoms with E-state index in [1.54, 1.807) is 0 Å². The maximum atomic E-state index is 12.0. The number of terminal acetylenes is 1. The second-order valence-electron chi connectivity index (χ2n) is 5.65. The molecule has 0 aromatic rings. The van der Waals surface area contributed by atoms with Crippen molar-refractivity contribution in [3.8, 4) is 12.3 Å². The molecule has 1 fully saturated rings. The maximum Gasteiger partial charge on any atom is 0.318 e. The van der Waals surface area contributed by atoms with Gasteiger partial charge in [0.15, 0.2) is 0 Å². The Labute approximate surface area is 120 Å². The first-order chi connectivity index (χ1) is 9.45. The Morgan fingerprint density at radius 2 is 2.05 bits per heavy atom. The summed E-state index contributed by atoms with van der Waals surface area (Å²) in [7, 11) is 0. The number of carbonyl (C=O) groups is 2. The van der Waals surface area contributed by atoms with E-state index in [0.29, 0.717) is 25.3 Å². The second kappa shape index (κ2) is 7.18. The number of hydrogen-bond donors (Lipinski definition) is 2. The molecule has 2 N–H and O–H groups in total. The van der Waals surface area contributed by atoms with Crippen molar-refractivity contribution in [3.05, 3.63) is 0 Å². The average molecular weight is 280 g/mol. The van der Waals surface area contributed by atoms with Crippen molar-refractivity contribution in [1.82, 2.24) is 10.2 Å². The average Bonchev–Trinajstić information content (AvgIpc) is 2.44. The van der Waals surface area contributed by atoms with Gasteiger partial charge in [-0.05, 0) is 38.5 Å². The van der Waals surface area contributed by atoms with Crippen LogP contribution in [0.15, 0.2) is 0 Å². The molecule has 0 bridgehead atoms. The molecule has 1 rings (SSSR count). The van der Waals surface area contributed by atoms with Gasteiger partial charge in [0.25, 0.3) is 0 Å². The van der Waals surface area contributed by atoms with Crippen LogP contribution in [0.2, 0.25) is 0 Å². The molecule has 1 aliphatic carbocycles. The minimum Gasteiger partial charge on any atom is -0.481 e. The molecule has 0 heterocycles. The van der Waals surface area contributed by atoms with Crippen molar-refractivity contribution in [1.29, 1.82) is 0 Å². The fourth-order valence-corrected chi connectivity index (χ4v) is 2.57. The lowest BCUT2D eigenvalue weighted by Gasteiger charge is -2.36. The summed E-state index contributed by atoms with van der Waals surface area (Å²) in [5, 5.41) is 12.2. The summed E-state index contributed by atoms with van der Waals surface area (Å²) in [6.45, 7) is 4.89. The van der Waals surface area contributed by atoms with Crippen molar-refractivity contribution >= 4 is 12.0 Å². The molecular weight excluding hydrogens is 256 g/mol. The summed E-state index contributed by atoms with van der Waals surface area (Å²) >= 11 is 0. The third-order valence-electron chi connectivity index (χ3n) is 4.21. The van der Waals surface area contributed by atoms with Crippen LogP contribution in [-0.4, -0.2) is 41.6 Å². The number of nitrogens with zero attached hydrogens (tertiary/aromatic N) is 1. The van der Waals surface area contributed by atoms with Crippen LogP contribution in [0.5, 0.6) is 0 Å². The fourth-order valence-electron chi connectivity index (χ4n) is 2.57. The molecule has 20 heavy (non-hydrogen) atoms. The molecule has 5 heteroatoms. The van der Waals surface area contributed by atoms with Crippen LogP contribution >= 0.6 is 0 Å². The minimum absolute atomic E-state index is 0.176. The highest BCUT2D eigenvalue weighted by atomic mass is 16.4. The molecule has 1 saturated carbocycles. The summed E-state index contributed by atoms with van der Waals surface area (Å²) in [5.74, 6) is 2.17. The monoisotopic (exact) mass is 280 g/mol. The highest BCUT2D eigenvalue weighted by molar-refractivity contribution is 5.78. The van der Waals surface area contributed by atoms with Crippen molar-refractivity contribution in [2.24, 2.45) is 11.3 Å². The third-order valence-corrected chi connectivity index (χ3v) is 4.21. The number of carboxylic acids is 1. The molecule has 0 aromatic heterocycles. The molecule has 112 valence electrons. The number of urea groups is 1. The van der Waals surface area contributed by atoms with Gasteiger partial charge in [-0.3, -0.25) is 4.79 Å². The summed E-state index contributed by atoms with van der Waals surface area (Å²) < 4.78 is 0. The topological polar surface area (TPSA) is 69.6 Å². The van der Waals surface area contributed by atoms with Gasteiger partial charge in [0, 0.05) is 13.1 Å². The van der Waals surface area contributed by atoms with Crippen LogP contribution in [0.4, 0.5) is 4.79 Å². The van der Waals surface area contributed by atoms with Gasteiger partial charge in [0.05, 0.1) is 12.0 Å². The number of amides is 2. The molecule has 0 unspecified atom stereocenters. The van der Waals surface area contributed by atoms with Crippen LogP contribution in [-0.2, 0) is 4.79 Å². The first kappa shape index (κ1) is 16.4. The molecule has 0 radical (unpaired) electrons. The molecule has 0 spiro atoms. The predicted molar refractivity (Wildman–Crippen MR) is 77.2 cm³/mol. The second-order valence-corrected chi connectivity index (χ2v) is 5.65. The van der Waals surface area contributed by atoms with Gasteiger partial charge in [-0.15, -0.1) is 6.42 Å². The van der Waals surface area contributed by atoms with Crippen molar-refractivity contribution in [2.45, 2.75) is 39.5 Å². The predicted octanol–water partition coefficient (Wildman–Crippen LogP) is 1.93. The number of nitrogens with one attached hydrogen (secondary N) is 1. The summed E-state index contributed by atoms with van der Waals surface area (Å²) in [6, 6.07) is -0.287. The molecule has 5 nitrogen and oxygen atoms in total. The van der Waals surface area contributed by atoms with Crippen LogP contribution in [0.3, 0.4) is 0 Å². The Kier molecular flexibility index (Phi) is 5.87. The van der Waals surface area contributed by atoms with Gasteiger partial charge in [0.1, 0.15) is 0 Å². The largest absolute Gasteiger partial charge is 0.481 e. The molecule has 0 aromatic carbocycles. The lowest BCUT2D eigenvalue weighted by atomic mass is 9.71. The molecular formula is C15H24N2O3. The maximum absolute atomic E-state index is 12.0. The molecule has 1 aliphatic rings. The smallest absolute Gasteiger partial charge is 0.318 e. The lowest BCUT2D eigenvalue weighted by molar-refractivity contribution is -0.151. The van der Waals surface area contributed by atoms with Crippen LogP contribution in [0.1, 0.15) is 39.5 Å². The first-order valence-corrected chi connectivity index (χ1v) is 7.15. The zero-order chi connectivity index (χ0) is 15.2. The fraction of sp³-hybridized carbons (Fsp3) is 0.733. The third kappa shape index (κ3) is 3.89. The van der Waals surface area contributed by atoms with E-state index in [-0.39, 0.29) is 19.1 Å². The van der Waals surface area contributed by atoms with Crippen molar-refractivity contribution in [3.63, 3.8) is 0 Å². The zero-order valence-corrected chi connectivity index (χ0v) is 12.3. The van der Waals surface area contributed by atoms with Gasteiger partial charge < -0.3 is 15.3 Å². The Bertz CT molecular complexity index is 392. The van der Waals surface area contributed by atoms with Gasteiger partial charge >= 0.3 is 12.0 Å². The van der Waals surface area contributed by atoms with Gasteiger partial charge in [0.2, 0.25) is 0 Å². The van der Waals surface area contributed by atoms with E-state index < -0.39 is 11.4 Å². The normalized spacial score (nSPS) is 25.6. The summed E-state index contributed by atoms with van der Waals surface area (Å²) in [6.07, 6.45) is 8.22. The van der Waals surface area contributed by atoms with E-state index in [2.05, 4.69) is 18.2 Å². The van der Waals surface area contributed by atoms with E-state index in [4.69, 9.17) is 6.42 Å². The Morgan fingerprint density at radius 1 is 1.45 bits per heavy atom. The van der Waals surface area contributed by atoms with E-state index in [1.165, 1.54) is 4.90 Å². The number of rotatable bonds is 5. The van der Waals surface area contributed by atoms with Crippen LogP contribution in [0, 0.1) is 23.7 Å². The molecule has 0 atom stereocenters. The van der Waals surface area contributed by atoms with E-state index >= 15 is 0 Å². The molecule has 0 saturated heterocycles. The van der Waals surface area contributed by atoms with Crippen LogP contribution in [0.25, 0.3) is 0 Å². The van der Waals surface area contributed by atoms with E-state index in [0.717, 1.165) is 12.8 Å². The number of carbonyl (C=O) groups excluding carboxylic acids is 1. The SMILES string of the molecule is C#CCN(CC)C(=O)NCC1(C(=O)O)CCC(C)CC1. The number of hydrogen-bond acceptors (Lipinski definition) is 2. The zero-order valence-electron chi connectivity index (χ0n) is 12.3. The van der Waals surface area contributed by atoms with E-state index in [9.17, 15) is 14.7 Å². The Balaban J connectivity index is 2.62. The van der Waals surface area contributed by atoms with E-state index in [1.807, 2.05) is 6.92 Å². The quantitative estimate of drug-likeness (QED) is 0.756.